The molecule has 4 aromatic rings. The highest BCUT2D eigenvalue weighted by Crippen LogP contribution is 2.25. The molecular formula is C27H29ClN6O. The Kier molecular flexibility index (Phi) is 6.45. The Morgan fingerprint density at radius 2 is 1.77 bits per heavy atom. The van der Waals surface area contributed by atoms with Crippen molar-refractivity contribution >= 4 is 39.8 Å². The van der Waals surface area contributed by atoms with Crippen LogP contribution in [0.25, 0.3) is 16.6 Å². The number of aromatic nitrogens is 3. The third-order valence-electron chi connectivity index (χ3n) is 6.73. The predicted octanol–water partition coefficient (Wildman–Crippen LogP) is 5.02. The highest BCUT2D eigenvalue weighted by molar-refractivity contribution is 6.32. The van der Waals surface area contributed by atoms with Crippen LogP contribution in [-0.4, -0.2) is 52.7 Å². The first-order chi connectivity index (χ1) is 16.9. The summed E-state index contributed by atoms with van der Waals surface area (Å²) >= 11 is 6.32. The van der Waals surface area contributed by atoms with Crippen molar-refractivity contribution in [1.29, 1.82) is 0 Å². The van der Waals surface area contributed by atoms with Gasteiger partial charge in [-0.2, -0.15) is 0 Å². The number of anilines is 3. The molecule has 0 amide bonds. The summed E-state index contributed by atoms with van der Waals surface area (Å²) in [7, 11) is 4.32. The van der Waals surface area contributed by atoms with Gasteiger partial charge in [0.1, 0.15) is 0 Å². The molecule has 0 unspecified atom stereocenters. The molecule has 1 aliphatic heterocycles. The minimum Gasteiger partial charge on any atom is -0.371 e. The van der Waals surface area contributed by atoms with Gasteiger partial charge in [0.05, 0.1) is 21.6 Å². The van der Waals surface area contributed by atoms with Gasteiger partial charge in [0.2, 0.25) is 5.95 Å². The zero-order valence-electron chi connectivity index (χ0n) is 20.2. The highest BCUT2D eigenvalue weighted by atomic mass is 35.5. The molecular weight excluding hydrogens is 460 g/mol. The van der Waals surface area contributed by atoms with Crippen LogP contribution in [0.5, 0.6) is 0 Å². The maximum absolute atomic E-state index is 13.1. The van der Waals surface area contributed by atoms with Gasteiger partial charge in [0, 0.05) is 42.9 Å². The lowest BCUT2D eigenvalue weighted by atomic mass is 10.0. The number of fused-ring (bicyclic) bond motifs is 1. The van der Waals surface area contributed by atoms with Crippen molar-refractivity contribution in [3.8, 4) is 5.69 Å². The first-order valence-electron chi connectivity index (χ1n) is 11.8. The van der Waals surface area contributed by atoms with Gasteiger partial charge in [0.25, 0.3) is 5.56 Å². The third kappa shape index (κ3) is 4.74. The van der Waals surface area contributed by atoms with Crippen LogP contribution in [0.1, 0.15) is 18.4 Å². The Morgan fingerprint density at radius 1 is 1.06 bits per heavy atom. The molecule has 5 rings (SSSR count). The number of nitrogens with zero attached hydrogens (tertiary/aromatic N) is 5. The number of halogens is 1. The van der Waals surface area contributed by atoms with E-state index in [0.29, 0.717) is 33.6 Å². The second-order valence-corrected chi connectivity index (χ2v) is 9.66. The number of benzene rings is 2. The lowest BCUT2D eigenvalue weighted by molar-refractivity contribution is 0.249. The maximum atomic E-state index is 13.1. The van der Waals surface area contributed by atoms with E-state index in [1.54, 1.807) is 23.0 Å². The molecule has 2 aromatic heterocycles. The van der Waals surface area contributed by atoms with Crippen molar-refractivity contribution in [1.82, 2.24) is 19.4 Å². The fourth-order valence-corrected chi connectivity index (χ4v) is 4.92. The zero-order chi connectivity index (χ0) is 24.5. The van der Waals surface area contributed by atoms with Gasteiger partial charge in [-0.05, 0) is 75.8 Å². The van der Waals surface area contributed by atoms with Crippen molar-refractivity contribution < 1.29 is 0 Å². The summed E-state index contributed by atoms with van der Waals surface area (Å²) in [6.45, 7) is 4.06. The molecule has 35 heavy (non-hydrogen) atoms. The van der Waals surface area contributed by atoms with Crippen LogP contribution in [0, 0.1) is 6.92 Å². The van der Waals surface area contributed by atoms with E-state index in [0.717, 1.165) is 24.3 Å². The molecule has 1 N–H and O–H groups in total. The summed E-state index contributed by atoms with van der Waals surface area (Å²) in [6, 6.07) is 16.3. The Balaban J connectivity index is 1.36. The van der Waals surface area contributed by atoms with Crippen LogP contribution in [0.15, 0.2) is 65.7 Å². The number of rotatable bonds is 5. The van der Waals surface area contributed by atoms with E-state index in [1.165, 1.54) is 18.5 Å². The van der Waals surface area contributed by atoms with Crippen LogP contribution >= 0.6 is 11.6 Å². The van der Waals surface area contributed by atoms with E-state index >= 15 is 0 Å². The Morgan fingerprint density at radius 3 is 2.46 bits per heavy atom. The van der Waals surface area contributed by atoms with Crippen molar-refractivity contribution in [2.24, 2.45) is 0 Å². The molecule has 3 heterocycles. The first kappa shape index (κ1) is 23.3. The number of hydrogen-bond donors (Lipinski definition) is 1. The van der Waals surface area contributed by atoms with Crippen LogP contribution in [0.4, 0.5) is 17.3 Å². The molecule has 0 atom stereocenters. The third-order valence-corrected chi connectivity index (χ3v) is 7.05. The van der Waals surface area contributed by atoms with Gasteiger partial charge in [-0.25, -0.2) is 9.97 Å². The van der Waals surface area contributed by atoms with Gasteiger partial charge in [-0.3, -0.25) is 9.36 Å². The predicted molar refractivity (Wildman–Crippen MR) is 144 cm³/mol. The van der Waals surface area contributed by atoms with E-state index < -0.39 is 0 Å². The summed E-state index contributed by atoms with van der Waals surface area (Å²) in [5.41, 5.74) is 4.05. The highest BCUT2D eigenvalue weighted by Gasteiger charge is 2.20. The number of hydrogen-bond acceptors (Lipinski definition) is 6. The van der Waals surface area contributed by atoms with Crippen LogP contribution < -0.4 is 15.8 Å². The first-order valence-corrected chi connectivity index (χ1v) is 12.2. The van der Waals surface area contributed by atoms with Gasteiger partial charge >= 0.3 is 0 Å². The number of nitrogens with one attached hydrogen (secondary N) is 1. The Labute approximate surface area is 210 Å². The van der Waals surface area contributed by atoms with E-state index in [-0.39, 0.29) is 5.56 Å². The normalized spacial score (nSPS) is 14.6. The fourth-order valence-electron chi connectivity index (χ4n) is 4.69. The summed E-state index contributed by atoms with van der Waals surface area (Å²) in [6.07, 6.45) is 5.71. The van der Waals surface area contributed by atoms with Gasteiger partial charge in [-0.15, -0.1) is 0 Å². The number of aryl methyl sites for hydroxylation is 1. The Hall–Kier alpha value is -3.42. The fraction of sp³-hybridized carbons (Fsp3) is 0.296. The van der Waals surface area contributed by atoms with Crippen molar-refractivity contribution in [2.45, 2.75) is 25.8 Å². The van der Waals surface area contributed by atoms with Crippen molar-refractivity contribution in [3.05, 3.63) is 81.9 Å². The molecule has 180 valence electrons. The van der Waals surface area contributed by atoms with E-state index in [4.69, 9.17) is 11.6 Å². The molecule has 2 aromatic carbocycles. The average Bonchev–Trinajstić information content (AvgIpc) is 2.87. The van der Waals surface area contributed by atoms with Crippen LogP contribution in [0.3, 0.4) is 0 Å². The number of pyridine rings is 1. The van der Waals surface area contributed by atoms with E-state index in [9.17, 15) is 4.79 Å². The Bertz CT molecular complexity index is 1410. The zero-order valence-corrected chi connectivity index (χ0v) is 21.0. The van der Waals surface area contributed by atoms with Crippen LogP contribution in [-0.2, 0) is 0 Å². The molecule has 8 heteroatoms. The second-order valence-electron chi connectivity index (χ2n) is 9.25. The lowest BCUT2D eigenvalue weighted by Crippen LogP contribution is -2.41. The van der Waals surface area contributed by atoms with E-state index in [1.807, 2.05) is 37.3 Å². The molecule has 1 fully saturated rings. The smallest absolute Gasteiger partial charge is 0.266 e. The molecule has 0 spiro atoms. The lowest BCUT2D eigenvalue weighted by Gasteiger charge is -2.36. The number of para-hydroxylation sites is 1. The summed E-state index contributed by atoms with van der Waals surface area (Å²) in [4.78, 5) is 27.0. The average molecular weight is 489 g/mol. The van der Waals surface area contributed by atoms with Gasteiger partial charge < -0.3 is 15.1 Å². The summed E-state index contributed by atoms with van der Waals surface area (Å²) in [5.74, 6) is 0.454. The summed E-state index contributed by atoms with van der Waals surface area (Å²) < 4.78 is 1.55. The second kappa shape index (κ2) is 9.68. The molecule has 0 aliphatic carbocycles. The minimum atomic E-state index is -0.201. The van der Waals surface area contributed by atoms with Crippen molar-refractivity contribution in [2.75, 3.05) is 37.4 Å². The number of piperidine rings is 1. The van der Waals surface area contributed by atoms with Gasteiger partial charge in [0.15, 0.2) is 0 Å². The minimum absolute atomic E-state index is 0.201. The largest absolute Gasteiger partial charge is 0.371 e. The van der Waals surface area contributed by atoms with Crippen molar-refractivity contribution in [3.63, 3.8) is 0 Å². The monoisotopic (exact) mass is 488 g/mol. The molecule has 0 radical (unpaired) electrons. The molecule has 1 aliphatic rings. The standard InChI is InChI=1S/C27H29ClN6O/c1-18-17-34(24-7-5-4-6-23(24)28)26(35)22-16-29-27(31-25(18)22)30-19-8-10-21(11-9-19)33-14-12-20(13-15-33)32(2)3/h4-11,16-17,20H,12-15H2,1-3H3,(H,29,30,31). The molecule has 1 saturated heterocycles. The van der Waals surface area contributed by atoms with Crippen LogP contribution in [0.2, 0.25) is 5.02 Å². The molecule has 0 bridgehead atoms. The van der Waals surface area contributed by atoms with E-state index in [2.05, 4.69) is 51.3 Å². The molecule has 7 nitrogen and oxygen atoms in total. The SMILES string of the molecule is Cc1cn(-c2ccccc2Cl)c(=O)c2cnc(Nc3ccc(N4CCC(N(C)C)CC4)cc3)nc12. The van der Waals surface area contributed by atoms with Gasteiger partial charge in [-0.1, -0.05) is 23.7 Å². The summed E-state index contributed by atoms with van der Waals surface area (Å²) in [5, 5.41) is 4.24. The maximum Gasteiger partial charge on any atom is 0.266 e. The topological polar surface area (TPSA) is 66.3 Å². The molecule has 0 saturated carbocycles. The quantitative estimate of drug-likeness (QED) is 0.425.